The lowest BCUT2D eigenvalue weighted by molar-refractivity contribution is -0.00192. The van der Waals surface area contributed by atoms with Crippen LogP contribution in [0.3, 0.4) is 0 Å². The van der Waals surface area contributed by atoms with E-state index in [9.17, 15) is 5.11 Å². The van der Waals surface area contributed by atoms with Gasteiger partial charge in [-0.15, -0.1) is 0 Å². The largest absolute Gasteiger partial charge is 0.390 e. The van der Waals surface area contributed by atoms with Crippen LogP contribution in [0.25, 0.3) is 5.52 Å². The van der Waals surface area contributed by atoms with Crippen molar-refractivity contribution in [3.63, 3.8) is 0 Å². The Kier molecular flexibility index (Phi) is 3.46. The number of hydrogen-bond donors (Lipinski definition) is 1. The lowest BCUT2D eigenvalue weighted by Crippen LogP contribution is -2.33. The molecule has 0 atom stereocenters. The molecular weight excluding hydrogens is 274 g/mol. The fraction of sp³-hybridized carbons (Fsp3) is 0.600. The molecule has 3 rings (SSSR count). The van der Waals surface area contributed by atoms with Crippen LogP contribution >= 0.6 is 11.6 Å². The van der Waals surface area contributed by atoms with Crippen LogP contribution in [0.2, 0.25) is 5.15 Å². The lowest BCUT2D eigenvalue weighted by atomic mass is 9.74. The Morgan fingerprint density at radius 3 is 2.60 bits per heavy atom. The third kappa shape index (κ3) is 2.42. The number of nitrogens with zero attached hydrogens (tertiary/aromatic N) is 3. The Balaban J connectivity index is 1.82. The molecule has 0 spiro atoms. The van der Waals surface area contributed by atoms with E-state index < -0.39 is 5.60 Å². The molecule has 1 saturated carbocycles. The third-order valence-corrected chi connectivity index (χ3v) is 4.82. The molecule has 0 amide bonds. The van der Waals surface area contributed by atoms with E-state index in [0.717, 1.165) is 37.0 Å². The summed E-state index contributed by atoms with van der Waals surface area (Å²) >= 11 is 6.09. The van der Waals surface area contributed by atoms with E-state index in [1.54, 1.807) is 12.4 Å². The van der Waals surface area contributed by atoms with Crippen molar-refractivity contribution >= 4 is 17.1 Å². The minimum absolute atomic E-state index is 0.384. The summed E-state index contributed by atoms with van der Waals surface area (Å²) < 4.78 is 2.05. The fourth-order valence-corrected chi connectivity index (χ4v) is 3.47. The predicted molar refractivity (Wildman–Crippen MR) is 79.0 cm³/mol. The second-order valence-corrected chi connectivity index (χ2v) is 6.65. The van der Waals surface area contributed by atoms with Crippen molar-refractivity contribution in [2.45, 2.75) is 51.0 Å². The maximum absolute atomic E-state index is 10.1. The van der Waals surface area contributed by atoms with E-state index in [1.807, 2.05) is 24.4 Å². The van der Waals surface area contributed by atoms with Gasteiger partial charge in [0.1, 0.15) is 11.3 Å². The minimum Gasteiger partial charge on any atom is -0.390 e. The van der Waals surface area contributed by atoms with Gasteiger partial charge in [0.25, 0.3) is 0 Å². The molecule has 2 aromatic heterocycles. The van der Waals surface area contributed by atoms with Gasteiger partial charge in [-0.3, -0.25) is 4.40 Å². The fourth-order valence-electron chi connectivity index (χ4n) is 3.28. The highest BCUT2D eigenvalue weighted by atomic mass is 35.5. The Bertz CT molecular complexity index is 609. The quantitative estimate of drug-likeness (QED) is 0.923. The van der Waals surface area contributed by atoms with Crippen LogP contribution in [0.4, 0.5) is 0 Å². The first kappa shape index (κ1) is 13.8. The average molecular weight is 294 g/mol. The van der Waals surface area contributed by atoms with Crippen LogP contribution < -0.4 is 0 Å². The molecule has 108 valence electrons. The van der Waals surface area contributed by atoms with Crippen molar-refractivity contribution in [1.29, 1.82) is 0 Å². The van der Waals surface area contributed by atoms with Crippen molar-refractivity contribution in [3.05, 3.63) is 29.6 Å². The number of halogens is 1. The second kappa shape index (κ2) is 5.01. The molecule has 1 aliphatic rings. The second-order valence-electron chi connectivity index (χ2n) is 6.29. The topological polar surface area (TPSA) is 50.4 Å². The average Bonchev–Trinajstić information content (AvgIpc) is 2.83. The molecule has 5 heteroatoms. The van der Waals surface area contributed by atoms with E-state index >= 15 is 0 Å². The summed E-state index contributed by atoms with van der Waals surface area (Å²) in [5.41, 5.74) is 0.293. The van der Waals surface area contributed by atoms with Crippen molar-refractivity contribution in [3.8, 4) is 0 Å². The van der Waals surface area contributed by atoms with Gasteiger partial charge in [-0.2, -0.15) is 0 Å². The maximum Gasteiger partial charge on any atom is 0.154 e. The summed E-state index contributed by atoms with van der Waals surface area (Å²) in [7, 11) is 0. The van der Waals surface area contributed by atoms with E-state index in [2.05, 4.69) is 9.97 Å². The van der Waals surface area contributed by atoms with Gasteiger partial charge in [0.05, 0.1) is 11.8 Å². The normalized spacial score (nSPS) is 24.2. The van der Waals surface area contributed by atoms with E-state index in [4.69, 9.17) is 11.6 Å². The van der Waals surface area contributed by atoms with Crippen LogP contribution in [-0.2, 0) is 0 Å². The molecule has 0 aliphatic heterocycles. The van der Waals surface area contributed by atoms with Gasteiger partial charge in [0.2, 0.25) is 0 Å². The molecule has 1 fully saturated rings. The smallest absolute Gasteiger partial charge is 0.154 e. The monoisotopic (exact) mass is 293 g/mol. The highest BCUT2D eigenvalue weighted by molar-refractivity contribution is 6.32. The number of aliphatic hydroxyl groups is 1. The third-order valence-electron chi connectivity index (χ3n) is 4.53. The SMILES string of the molecule is CC(C)(O)C1CCC(c2ncc3c(Cl)nccn23)CC1. The first-order valence-electron chi connectivity index (χ1n) is 7.16. The Morgan fingerprint density at radius 2 is 1.95 bits per heavy atom. The van der Waals surface area contributed by atoms with Gasteiger partial charge in [-0.1, -0.05) is 11.6 Å². The minimum atomic E-state index is -0.577. The van der Waals surface area contributed by atoms with Gasteiger partial charge in [0, 0.05) is 18.3 Å². The summed E-state index contributed by atoms with van der Waals surface area (Å²) in [4.78, 5) is 8.62. The van der Waals surface area contributed by atoms with Crippen molar-refractivity contribution in [1.82, 2.24) is 14.4 Å². The van der Waals surface area contributed by atoms with Gasteiger partial charge in [-0.25, -0.2) is 9.97 Å². The zero-order chi connectivity index (χ0) is 14.3. The number of imidazole rings is 1. The molecule has 0 unspecified atom stereocenters. The molecule has 0 saturated heterocycles. The standard InChI is InChI=1S/C15H20ClN3O/c1-15(2,20)11-5-3-10(4-6-11)14-18-9-12-13(16)17-7-8-19(12)14/h7-11,20H,3-6H2,1-2H3. The van der Waals surface area contributed by atoms with Gasteiger partial charge in [-0.05, 0) is 45.4 Å². The van der Waals surface area contributed by atoms with Crippen molar-refractivity contribution in [2.75, 3.05) is 0 Å². The van der Waals surface area contributed by atoms with Crippen molar-refractivity contribution in [2.24, 2.45) is 5.92 Å². The van der Waals surface area contributed by atoms with Crippen LogP contribution in [0.5, 0.6) is 0 Å². The summed E-state index contributed by atoms with van der Waals surface area (Å²) in [6, 6.07) is 0. The van der Waals surface area contributed by atoms with Gasteiger partial charge < -0.3 is 5.11 Å². The highest BCUT2D eigenvalue weighted by Gasteiger charge is 2.33. The molecule has 0 bridgehead atoms. The van der Waals surface area contributed by atoms with Crippen LogP contribution in [-0.4, -0.2) is 25.1 Å². The summed E-state index contributed by atoms with van der Waals surface area (Å²) in [5.74, 6) is 1.89. The lowest BCUT2D eigenvalue weighted by Gasteiger charge is -2.35. The Morgan fingerprint density at radius 1 is 1.25 bits per heavy atom. The molecule has 2 heterocycles. The Hall–Kier alpha value is -1.13. The maximum atomic E-state index is 10.1. The number of aromatic nitrogens is 3. The Labute approximate surface area is 123 Å². The molecule has 1 N–H and O–H groups in total. The number of rotatable bonds is 2. The number of hydrogen-bond acceptors (Lipinski definition) is 3. The van der Waals surface area contributed by atoms with E-state index in [0.29, 0.717) is 17.0 Å². The molecule has 0 aromatic carbocycles. The van der Waals surface area contributed by atoms with Crippen molar-refractivity contribution < 1.29 is 5.11 Å². The molecule has 0 radical (unpaired) electrons. The number of fused-ring (bicyclic) bond motifs is 1. The summed E-state index contributed by atoms with van der Waals surface area (Å²) in [6.45, 7) is 3.82. The molecule has 4 nitrogen and oxygen atoms in total. The zero-order valence-corrected chi connectivity index (χ0v) is 12.6. The molecule has 20 heavy (non-hydrogen) atoms. The molecular formula is C15H20ClN3O. The van der Waals surface area contributed by atoms with E-state index in [-0.39, 0.29) is 0 Å². The van der Waals surface area contributed by atoms with Crippen LogP contribution in [0, 0.1) is 5.92 Å². The zero-order valence-electron chi connectivity index (χ0n) is 11.9. The van der Waals surface area contributed by atoms with Crippen LogP contribution in [0.1, 0.15) is 51.3 Å². The molecule has 1 aliphatic carbocycles. The highest BCUT2D eigenvalue weighted by Crippen LogP contribution is 2.39. The van der Waals surface area contributed by atoms with E-state index in [1.165, 1.54) is 0 Å². The first-order chi connectivity index (χ1) is 9.47. The predicted octanol–water partition coefficient (Wildman–Crippen LogP) is 3.43. The van der Waals surface area contributed by atoms with Gasteiger partial charge >= 0.3 is 0 Å². The summed E-state index contributed by atoms with van der Waals surface area (Å²) in [5, 5.41) is 10.6. The first-order valence-corrected chi connectivity index (χ1v) is 7.54. The van der Waals surface area contributed by atoms with Gasteiger partial charge in [0.15, 0.2) is 5.15 Å². The molecule has 2 aromatic rings. The summed E-state index contributed by atoms with van der Waals surface area (Å²) in [6.07, 6.45) is 9.65. The van der Waals surface area contributed by atoms with Crippen LogP contribution in [0.15, 0.2) is 18.6 Å².